The Bertz CT molecular complexity index is 351. The molecule has 17 heavy (non-hydrogen) atoms. The van der Waals surface area contributed by atoms with E-state index in [0.717, 1.165) is 6.42 Å². The van der Waals surface area contributed by atoms with Crippen molar-refractivity contribution < 1.29 is 9.26 Å². The van der Waals surface area contributed by atoms with Crippen molar-refractivity contribution in [1.29, 1.82) is 0 Å². The van der Waals surface area contributed by atoms with Gasteiger partial charge in [-0.05, 0) is 26.2 Å². The predicted octanol–water partition coefficient (Wildman–Crippen LogP) is 2.39. The maximum Gasteiger partial charge on any atom is 0.243 e. The fraction of sp³-hybridized carbons (Fsp3) is 0.833. The minimum Gasteiger partial charge on any atom is -0.367 e. The van der Waals surface area contributed by atoms with E-state index in [0.29, 0.717) is 18.3 Å². The number of hydrogen-bond donors (Lipinski definition) is 1. The summed E-state index contributed by atoms with van der Waals surface area (Å²) in [5, 5.41) is 3.99. The molecule has 0 aromatic carbocycles. The average molecular weight is 241 g/mol. The normalized spacial score (nSPS) is 17.1. The van der Waals surface area contributed by atoms with E-state index in [1.165, 1.54) is 0 Å². The van der Waals surface area contributed by atoms with Crippen LogP contribution in [-0.4, -0.2) is 16.7 Å². The molecule has 1 rings (SSSR count). The topological polar surface area (TPSA) is 74.2 Å². The number of hydrogen-bond acceptors (Lipinski definition) is 5. The fourth-order valence-corrected chi connectivity index (χ4v) is 1.51. The van der Waals surface area contributed by atoms with E-state index in [9.17, 15) is 0 Å². The van der Waals surface area contributed by atoms with Crippen LogP contribution in [0.15, 0.2) is 4.52 Å². The Balaban J connectivity index is 2.93. The summed E-state index contributed by atoms with van der Waals surface area (Å²) in [6.07, 6.45) is 0.788. The Labute approximate surface area is 103 Å². The molecule has 0 radical (unpaired) electrons. The maximum atomic E-state index is 5.97. The third-order valence-electron chi connectivity index (χ3n) is 3.06. The Hall–Kier alpha value is -0.940. The summed E-state index contributed by atoms with van der Waals surface area (Å²) in [6.45, 7) is 10.6. The Morgan fingerprint density at radius 3 is 2.53 bits per heavy atom. The van der Waals surface area contributed by atoms with Crippen LogP contribution in [0.4, 0.5) is 0 Å². The first-order valence-electron chi connectivity index (χ1n) is 6.18. The molecular formula is C12H23N3O2. The predicted molar refractivity (Wildman–Crippen MR) is 65.3 cm³/mol. The molecule has 2 N–H and O–H groups in total. The van der Waals surface area contributed by atoms with Gasteiger partial charge in [-0.25, -0.2) is 0 Å². The van der Waals surface area contributed by atoms with Gasteiger partial charge in [0.25, 0.3) is 0 Å². The summed E-state index contributed by atoms with van der Waals surface area (Å²) < 4.78 is 10.9. The van der Waals surface area contributed by atoms with Gasteiger partial charge in [-0.15, -0.1) is 0 Å². The van der Waals surface area contributed by atoms with Crippen molar-refractivity contribution in [2.45, 2.75) is 52.7 Å². The Morgan fingerprint density at radius 2 is 2.06 bits per heavy atom. The minimum atomic E-state index is -0.493. The van der Waals surface area contributed by atoms with Crippen LogP contribution in [0, 0.1) is 5.92 Å². The summed E-state index contributed by atoms with van der Waals surface area (Å²) >= 11 is 0. The second-order valence-electron chi connectivity index (χ2n) is 4.74. The molecule has 0 bridgehead atoms. The standard InChI is InChI=1S/C12H23N3O2/c1-6-12(5,16-7-2)11-14-10(17-15-11)9(13)8(3)4/h8-9H,6-7,13H2,1-5H3. The van der Waals surface area contributed by atoms with Crippen molar-refractivity contribution in [2.24, 2.45) is 11.7 Å². The number of nitrogens with two attached hydrogens (primary N) is 1. The molecule has 0 aliphatic heterocycles. The van der Waals surface area contributed by atoms with E-state index < -0.39 is 5.60 Å². The molecule has 0 saturated heterocycles. The van der Waals surface area contributed by atoms with E-state index in [4.69, 9.17) is 15.0 Å². The fourth-order valence-electron chi connectivity index (χ4n) is 1.51. The molecule has 1 heterocycles. The van der Waals surface area contributed by atoms with Gasteiger partial charge in [0.2, 0.25) is 11.7 Å². The number of ether oxygens (including phenoxy) is 1. The Kier molecular flexibility index (Phi) is 4.65. The molecule has 98 valence electrons. The van der Waals surface area contributed by atoms with Crippen LogP contribution in [-0.2, 0) is 10.3 Å². The molecule has 0 aliphatic rings. The smallest absolute Gasteiger partial charge is 0.243 e. The molecule has 0 spiro atoms. The van der Waals surface area contributed by atoms with Crippen LogP contribution in [0.25, 0.3) is 0 Å². The maximum absolute atomic E-state index is 5.97. The van der Waals surface area contributed by atoms with Gasteiger partial charge in [0.05, 0.1) is 6.04 Å². The van der Waals surface area contributed by atoms with Gasteiger partial charge < -0.3 is 15.0 Å². The molecule has 2 unspecified atom stereocenters. The highest BCUT2D eigenvalue weighted by molar-refractivity contribution is 5.01. The van der Waals surface area contributed by atoms with Crippen molar-refractivity contribution in [3.05, 3.63) is 11.7 Å². The van der Waals surface area contributed by atoms with Crippen molar-refractivity contribution in [3.8, 4) is 0 Å². The number of aromatic nitrogens is 2. The van der Waals surface area contributed by atoms with Gasteiger partial charge >= 0.3 is 0 Å². The molecule has 1 aromatic rings. The highest BCUT2D eigenvalue weighted by Gasteiger charge is 2.32. The SMILES string of the molecule is CCOC(C)(CC)c1noc(C(N)C(C)C)n1. The molecule has 0 saturated carbocycles. The number of nitrogens with zero attached hydrogens (tertiary/aromatic N) is 2. The first-order valence-corrected chi connectivity index (χ1v) is 6.18. The van der Waals surface area contributed by atoms with Crippen LogP contribution < -0.4 is 5.73 Å². The van der Waals surface area contributed by atoms with Crippen LogP contribution >= 0.6 is 0 Å². The Morgan fingerprint density at radius 1 is 1.41 bits per heavy atom. The third-order valence-corrected chi connectivity index (χ3v) is 3.06. The quantitative estimate of drug-likeness (QED) is 0.827. The summed E-state index contributed by atoms with van der Waals surface area (Å²) in [5.41, 5.74) is 5.48. The van der Waals surface area contributed by atoms with Crippen molar-refractivity contribution in [3.63, 3.8) is 0 Å². The van der Waals surface area contributed by atoms with Gasteiger partial charge in [-0.3, -0.25) is 0 Å². The molecule has 0 amide bonds. The van der Waals surface area contributed by atoms with Crippen molar-refractivity contribution in [2.75, 3.05) is 6.61 Å². The summed E-state index contributed by atoms with van der Waals surface area (Å²) in [4.78, 5) is 4.37. The van der Waals surface area contributed by atoms with Crippen LogP contribution in [0.1, 0.15) is 58.8 Å². The van der Waals surface area contributed by atoms with Crippen molar-refractivity contribution in [1.82, 2.24) is 10.1 Å². The molecule has 2 atom stereocenters. The van der Waals surface area contributed by atoms with Crippen LogP contribution in [0.2, 0.25) is 0 Å². The first-order chi connectivity index (χ1) is 7.94. The van der Waals surface area contributed by atoms with E-state index in [1.807, 2.05) is 34.6 Å². The van der Waals surface area contributed by atoms with E-state index in [-0.39, 0.29) is 12.0 Å². The highest BCUT2D eigenvalue weighted by atomic mass is 16.5. The van der Waals surface area contributed by atoms with Gasteiger partial charge in [0, 0.05) is 6.61 Å². The second-order valence-corrected chi connectivity index (χ2v) is 4.74. The zero-order valence-electron chi connectivity index (χ0n) is 11.4. The van der Waals surface area contributed by atoms with E-state index in [1.54, 1.807) is 0 Å². The van der Waals surface area contributed by atoms with Crippen LogP contribution in [0.3, 0.4) is 0 Å². The van der Waals surface area contributed by atoms with E-state index >= 15 is 0 Å². The molecule has 5 nitrogen and oxygen atoms in total. The van der Waals surface area contributed by atoms with Gasteiger partial charge in [-0.1, -0.05) is 25.9 Å². The lowest BCUT2D eigenvalue weighted by molar-refractivity contribution is -0.0403. The number of rotatable bonds is 6. The lowest BCUT2D eigenvalue weighted by Gasteiger charge is -2.23. The minimum absolute atomic E-state index is 0.223. The van der Waals surface area contributed by atoms with Gasteiger partial charge in [-0.2, -0.15) is 4.98 Å². The zero-order valence-corrected chi connectivity index (χ0v) is 11.4. The summed E-state index contributed by atoms with van der Waals surface area (Å²) in [6, 6.07) is -0.223. The monoisotopic (exact) mass is 241 g/mol. The highest BCUT2D eigenvalue weighted by Crippen LogP contribution is 2.28. The molecular weight excluding hydrogens is 218 g/mol. The third kappa shape index (κ3) is 3.04. The lowest BCUT2D eigenvalue weighted by Crippen LogP contribution is -2.27. The zero-order chi connectivity index (χ0) is 13.1. The van der Waals surface area contributed by atoms with E-state index in [2.05, 4.69) is 10.1 Å². The molecule has 5 heteroatoms. The molecule has 1 aromatic heterocycles. The largest absolute Gasteiger partial charge is 0.367 e. The van der Waals surface area contributed by atoms with Crippen molar-refractivity contribution >= 4 is 0 Å². The summed E-state index contributed by atoms with van der Waals surface area (Å²) in [5.74, 6) is 1.32. The van der Waals surface area contributed by atoms with Gasteiger partial charge in [0.15, 0.2) is 0 Å². The average Bonchev–Trinajstić information content (AvgIpc) is 2.77. The second kappa shape index (κ2) is 5.60. The lowest BCUT2D eigenvalue weighted by atomic mass is 10.0. The van der Waals surface area contributed by atoms with Crippen LogP contribution in [0.5, 0.6) is 0 Å². The molecule has 0 fully saturated rings. The first kappa shape index (κ1) is 14.1. The molecule has 0 aliphatic carbocycles. The summed E-state index contributed by atoms with van der Waals surface area (Å²) in [7, 11) is 0. The van der Waals surface area contributed by atoms with Gasteiger partial charge in [0.1, 0.15) is 5.60 Å².